The molecule has 6 aliphatic heterocycles. The van der Waals surface area contributed by atoms with Crippen molar-refractivity contribution >= 4 is 47.1 Å². The lowest BCUT2D eigenvalue weighted by Gasteiger charge is -2.41. The Balaban J connectivity index is 0.000000151. The third kappa shape index (κ3) is 8.43. The Hall–Kier alpha value is -5.96. The van der Waals surface area contributed by atoms with Crippen molar-refractivity contribution in [1.82, 2.24) is 46.6 Å². The number of nitrogens with one attached hydrogen (secondary N) is 6. The summed E-state index contributed by atoms with van der Waals surface area (Å²) in [5.74, 6) is -0.686. The molecular formula is C38H45N11O8. The van der Waals surface area contributed by atoms with Gasteiger partial charge >= 0.3 is 12.1 Å². The third-order valence-electron chi connectivity index (χ3n) is 11.5. The van der Waals surface area contributed by atoms with Gasteiger partial charge in [-0.15, -0.1) is 0 Å². The molecule has 3 spiro atoms. The van der Waals surface area contributed by atoms with Gasteiger partial charge in [-0.25, -0.2) is 24.2 Å². The molecular weight excluding hydrogens is 738 g/mol. The number of hydrogen-bond acceptors (Lipinski definition) is 11. The highest BCUT2D eigenvalue weighted by atomic mass is 16.4. The topological polar surface area (TPSA) is 234 Å². The molecule has 8 amide bonds. The molecule has 2 aromatic rings. The molecule has 6 fully saturated rings. The van der Waals surface area contributed by atoms with Crippen LogP contribution in [0.15, 0.2) is 48.5 Å². The van der Waals surface area contributed by atoms with Crippen LogP contribution < -0.4 is 31.9 Å². The molecule has 8 N–H and O–H groups in total. The number of benzene rings is 2. The fourth-order valence-electron chi connectivity index (χ4n) is 7.90. The number of aliphatic hydroxyl groups is 2. The highest BCUT2D eigenvalue weighted by Crippen LogP contribution is 2.33. The van der Waals surface area contributed by atoms with Crippen LogP contribution in [0.4, 0.5) is 21.0 Å². The molecule has 0 aliphatic carbocycles. The quantitative estimate of drug-likeness (QED) is 0.153. The van der Waals surface area contributed by atoms with Gasteiger partial charge in [-0.05, 0) is 58.7 Å². The van der Waals surface area contributed by atoms with Crippen molar-refractivity contribution in [2.24, 2.45) is 0 Å². The standard InChI is InChI=1S/C16H20N4O3.C15H14N4O3.C7H11N3O2/c1-17-12-5-3-11(4-6-12)13(21)20-9-7-16(8-10-20)14(22)19(2)15(23)18-16;1-16-11-4-2-10(3-5-11)12(20)19-8-6-15(7-9-19)13(21)17-14(22)18-15;11-5-7(10-6(12)9-5)1-3-8-4-2-7/h3-6,14-15,18,22-23H,7-10H2,2H3;2-5H,6-9H2,(H2,17,18,21,22);8H,1-4H2,(H2,9,10,11,12). The molecule has 0 radical (unpaired) electrons. The van der Waals surface area contributed by atoms with Crippen molar-refractivity contribution in [3.63, 3.8) is 0 Å². The minimum absolute atomic E-state index is 0.0715. The van der Waals surface area contributed by atoms with Crippen molar-refractivity contribution in [2.45, 2.75) is 67.7 Å². The summed E-state index contributed by atoms with van der Waals surface area (Å²) < 4.78 is 0. The molecule has 2 atom stereocenters. The Labute approximate surface area is 328 Å². The van der Waals surface area contributed by atoms with Crippen molar-refractivity contribution < 1.29 is 39.0 Å². The van der Waals surface area contributed by atoms with Crippen LogP contribution in [-0.4, -0.2) is 136 Å². The fraction of sp³-hybridized carbons (Fsp3) is 0.474. The molecule has 0 aromatic heterocycles. The number of nitrogens with zero attached hydrogens (tertiary/aromatic N) is 5. The number of carbonyl (C=O) groups excluding carboxylic acids is 6. The molecule has 2 unspecified atom stereocenters. The summed E-state index contributed by atoms with van der Waals surface area (Å²) >= 11 is 0. The predicted octanol–water partition coefficient (Wildman–Crippen LogP) is 0.341. The Morgan fingerprint density at radius 1 is 0.667 bits per heavy atom. The normalized spacial score (nSPS) is 24.2. The average molecular weight is 784 g/mol. The molecule has 57 heavy (non-hydrogen) atoms. The lowest BCUT2D eigenvalue weighted by Crippen LogP contribution is -2.57. The number of imide groups is 2. The smallest absolute Gasteiger partial charge is 0.322 e. The van der Waals surface area contributed by atoms with Gasteiger partial charge in [-0.3, -0.25) is 35.1 Å². The summed E-state index contributed by atoms with van der Waals surface area (Å²) in [4.78, 5) is 81.8. The van der Waals surface area contributed by atoms with Gasteiger partial charge in [0.1, 0.15) is 17.3 Å². The van der Waals surface area contributed by atoms with Gasteiger partial charge in [0.15, 0.2) is 17.7 Å². The fourth-order valence-corrected chi connectivity index (χ4v) is 7.90. The monoisotopic (exact) mass is 783 g/mol. The second-order valence-corrected chi connectivity index (χ2v) is 14.8. The Kier molecular flexibility index (Phi) is 11.9. The lowest BCUT2D eigenvalue weighted by atomic mass is 9.86. The van der Waals surface area contributed by atoms with E-state index in [1.807, 2.05) is 0 Å². The number of likely N-dealkylation sites (N-methyl/N-ethyl adjacent to an activating group) is 1. The number of likely N-dealkylation sites (tertiary alicyclic amines) is 2. The number of aliphatic hydroxyl groups excluding tert-OH is 2. The Morgan fingerprint density at radius 3 is 1.42 bits per heavy atom. The second kappa shape index (κ2) is 16.6. The van der Waals surface area contributed by atoms with Crippen LogP contribution in [0, 0.1) is 13.1 Å². The number of piperidine rings is 3. The van der Waals surface area contributed by atoms with E-state index < -0.39 is 35.2 Å². The highest BCUT2D eigenvalue weighted by molar-refractivity contribution is 6.08. The minimum atomic E-state index is -0.873. The molecule has 19 heteroatoms. The summed E-state index contributed by atoms with van der Waals surface area (Å²) in [5, 5.41) is 36.2. The maximum Gasteiger partial charge on any atom is 0.322 e. The summed E-state index contributed by atoms with van der Waals surface area (Å²) in [6, 6.07) is 12.3. The van der Waals surface area contributed by atoms with E-state index in [0.29, 0.717) is 87.2 Å². The van der Waals surface area contributed by atoms with Gasteiger partial charge in [-0.1, -0.05) is 48.5 Å². The zero-order chi connectivity index (χ0) is 41.0. The second-order valence-electron chi connectivity index (χ2n) is 14.8. The first-order valence-corrected chi connectivity index (χ1v) is 18.6. The van der Waals surface area contributed by atoms with E-state index in [1.165, 1.54) is 4.90 Å². The maximum absolute atomic E-state index is 12.5. The van der Waals surface area contributed by atoms with E-state index in [0.717, 1.165) is 13.1 Å². The SMILES string of the molecule is O=C1NC(=O)C2(CCNCC2)N1.[C-]#[N+]c1ccc(C(=O)N2CCC3(CC2)NC(=O)NC3=O)cc1.[C-]#[N+]c1ccc(C(=O)N2CCC3(CC2)NC(O)N(C)C3O)cc1. The van der Waals surface area contributed by atoms with Crippen LogP contribution in [0.2, 0.25) is 0 Å². The van der Waals surface area contributed by atoms with Crippen molar-refractivity contribution in [1.29, 1.82) is 0 Å². The maximum atomic E-state index is 12.5. The van der Waals surface area contributed by atoms with Crippen molar-refractivity contribution in [3.8, 4) is 0 Å². The molecule has 6 saturated heterocycles. The molecule has 0 bridgehead atoms. The summed E-state index contributed by atoms with van der Waals surface area (Å²) in [7, 11) is 1.66. The Morgan fingerprint density at radius 2 is 1.07 bits per heavy atom. The zero-order valence-corrected chi connectivity index (χ0v) is 31.3. The summed E-state index contributed by atoms with van der Waals surface area (Å²) in [5.41, 5.74) is 0.0194. The predicted molar refractivity (Wildman–Crippen MR) is 202 cm³/mol. The van der Waals surface area contributed by atoms with Crippen LogP contribution in [0.3, 0.4) is 0 Å². The van der Waals surface area contributed by atoms with Crippen molar-refractivity contribution in [2.75, 3.05) is 46.3 Å². The van der Waals surface area contributed by atoms with Crippen LogP contribution in [-0.2, 0) is 9.59 Å². The number of amides is 8. The molecule has 8 rings (SSSR count). The number of urea groups is 2. The molecule has 2 aromatic carbocycles. The van der Waals surface area contributed by atoms with Crippen LogP contribution >= 0.6 is 0 Å². The van der Waals surface area contributed by atoms with Gasteiger partial charge in [0.05, 0.1) is 18.7 Å². The highest BCUT2D eigenvalue weighted by Gasteiger charge is 2.51. The Bertz CT molecular complexity index is 1970. The molecule has 6 aliphatic rings. The largest absolute Gasteiger partial charge is 0.376 e. The van der Waals surface area contributed by atoms with E-state index in [4.69, 9.17) is 13.1 Å². The molecule has 19 nitrogen and oxygen atoms in total. The first kappa shape index (κ1) is 40.7. The zero-order valence-electron chi connectivity index (χ0n) is 31.3. The number of rotatable bonds is 2. The van der Waals surface area contributed by atoms with Crippen LogP contribution in [0.1, 0.15) is 59.2 Å². The number of hydrogen-bond donors (Lipinski definition) is 8. The van der Waals surface area contributed by atoms with Gasteiger partial charge in [0, 0.05) is 37.3 Å². The van der Waals surface area contributed by atoms with E-state index in [9.17, 15) is 39.0 Å². The first-order chi connectivity index (χ1) is 27.2. The number of carbonyl (C=O) groups is 6. The molecule has 0 saturated carbocycles. The summed E-state index contributed by atoms with van der Waals surface area (Å²) in [6.07, 6.45) is 1.67. The van der Waals surface area contributed by atoms with Gasteiger partial charge in [-0.2, -0.15) is 0 Å². The van der Waals surface area contributed by atoms with Crippen LogP contribution in [0.5, 0.6) is 0 Å². The van der Waals surface area contributed by atoms with E-state index in [2.05, 4.69) is 41.6 Å². The van der Waals surface area contributed by atoms with E-state index >= 15 is 0 Å². The van der Waals surface area contributed by atoms with Crippen LogP contribution in [0.25, 0.3) is 9.69 Å². The minimum Gasteiger partial charge on any atom is -0.376 e. The van der Waals surface area contributed by atoms with Gasteiger partial charge in [0.2, 0.25) is 0 Å². The molecule has 6 heterocycles. The third-order valence-corrected chi connectivity index (χ3v) is 11.5. The average Bonchev–Trinajstić information content (AvgIpc) is 3.75. The van der Waals surface area contributed by atoms with Gasteiger partial charge in [0.25, 0.3) is 23.6 Å². The summed E-state index contributed by atoms with van der Waals surface area (Å²) in [6.45, 7) is 17.2. The van der Waals surface area contributed by atoms with E-state index in [1.54, 1.807) is 65.4 Å². The van der Waals surface area contributed by atoms with E-state index in [-0.39, 0.29) is 29.7 Å². The molecule has 300 valence electrons. The van der Waals surface area contributed by atoms with Crippen molar-refractivity contribution in [3.05, 3.63) is 82.5 Å². The van der Waals surface area contributed by atoms with Gasteiger partial charge < -0.3 is 36.0 Å². The lowest BCUT2D eigenvalue weighted by molar-refractivity contribution is -0.125. The first-order valence-electron chi connectivity index (χ1n) is 18.6.